The van der Waals surface area contributed by atoms with Crippen molar-refractivity contribution in [3.05, 3.63) is 17.5 Å². The molecule has 0 aliphatic heterocycles. The Bertz CT molecular complexity index is 321. The lowest BCUT2D eigenvalue weighted by Gasteiger charge is -2.30. The molecule has 0 radical (unpaired) electrons. The van der Waals surface area contributed by atoms with Crippen LogP contribution in [-0.4, -0.2) is 27.0 Å². The average molecular weight is 225 g/mol. The molecule has 1 aromatic rings. The fraction of sp³-hybridized carbons (Fsp3) is 0.750. The smallest absolute Gasteiger partial charge is 0.0613 e. The van der Waals surface area contributed by atoms with Gasteiger partial charge in [-0.05, 0) is 25.8 Å². The summed E-state index contributed by atoms with van der Waals surface area (Å²) in [5, 5.41) is 17.2. The lowest BCUT2D eigenvalue weighted by Crippen LogP contribution is -2.47. The van der Waals surface area contributed by atoms with Gasteiger partial charge in [0.05, 0.1) is 18.0 Å². The third-order valence-electron chi connectivity index (χ3n) is 3.40. The lowest BCUT2D eigenvalue weighted by molar-refractivity contribution is 0.148. The van der Waals surface area contributed by atoms with E-state index in [1.54, 1.807) is 0 Å². The van der Waals surface area contributed by atoms with Crippen LogP contribution in [0, 0.1) is 6.92 Å². The Morgan fingerprint density at radius 3 is 2.44 bits per heavy atom. The number of nitrogens with one attached hydrogen (secondary N) is 1. The standard InChI is InChI=1S/C12H23N3O/c1-5-12(6-2,9-16)13-8-11-7-10(3)14-15(11)4/h7,13,16H,5-6,8-9H2,1-4H3. The fourth-order valence-electron chi connectivity index (χ4n) is 1.89. The summed E-state index contributed by atoms with van der Waals surface area (Å²) in [6.07, 6.45) is 1.85. The van der Waals surface area contributed by atoms with Gasteiger partial charge in [-0.3, -0.25) is 4.68 Å². The van der Waals surface area contributed by atoms with Crippen LogP contribution in [0.3, 0.4) is 0 Å². The van der Waals surface area contributed by atoms with E-state index in [0.29, 0.717) is 0 Å². The van der Waals surface area contributed by atoms with E-state index in [-0.39, 0.29) is 12.1 Å². The van der Waals surface area contributed by atoms with E-state index in [9.17, 15) is 5.11 Å². The van der Waals surface area contributed by atoms with Gasteiger partial charge in [-0.2, -0.15) is 5.10 Å². The van der Waals surface area contributed by atoms with Crippen LogP contribution in [0.4, 0.5) is 0 Å². The molecule has 0 bridgehead atoms. The van der Waals surface area contributed by atoms with Crippen molar-refractivity contribution < 1.29 is 5.11 Å². The summed E-state index contributed by atoms with van der Waals surface area (Å²) in [7, 11) is 1.95. The Morgan fingerprint density at radius 2 is 2.06 bits per heavy atom. The van der Waals surface area contributed by atoms with Gasteiger partial charge in [-0.15, -0.1) is 0 Å². The number of aliphatic hydroxyl groups is 1. The number of nitrogens with zero attached hydrogens (tertiary/aromatic N) is 2. The van der Waals surface area contributed by atoms with Crippen LogP contribution in [0.2, 0.25) is 0 Å². The highest BCUT2D eigenvalue weighted by molar-refractivity contribution is 5.08. The third-order valence-corrected chi connectivity index (χ3v) is 3.40. The normalized spacial score (nSPS) is 12.1. The SMILES string of the molecule is CCC(CC)(CO)NCc1cc(C)nn1C. The summed E-state index contributed by atoms with van der Waals surface area (Å²) in [4.78, 5) is 0. The summed E-state index contributed by atoms with van der Waals surface area (Å²) >= 11 is 0. The van der Waals surface area contributed by atoms with Crippen LogP contribution >= 0.6 is 0 Å². The summed E-state index contributed by atoms with van der Waals surface area (Å²) in [6.45, 7) is 7.11. The third kappa shape index (κ3) is 2.83. The molecule has 4 nitrogen and oxygen atoms in total. The molecular weight excluding hydrogens is 202 g/mol. The highest BCUT2D eigenvalue weighted by Gasteiger charge is 2.24. The number of aromatic nitrogens is 2. The van der Waals surface area contributed by atoms with Gasteiger partial charge in [0.1, 0.15) is 0 Å². The van der Waals surface area contributed by atoms with Crippen molar-refractivity contribution in [2.75, 3.05) is 6.61 Å². The van der Waals surface area contributed by atoms with E-state index in [0.717, 1.165) is 30.8 Å². The predicted molar refractivity (Wildman–Crippen MR) is 65.2 cm³/mol. The van der Waals surface area contributed by atoms with Crippen molar-refractivity contribution in [1.82, 2.24) is 15.1 Å². The zero-order valence-electron chi connectivity index (χ0n) is 10.7. The fourth-order valence-corrected chi connectivity index (χ4v) is 1.89. The molecule has 1 rings (SSSR count). The van der Waals surface area contributed by atoms with Gasteiger partial charge in [0, 0.05) is 19.1 Å². The second-order valence-electron chi connectivity index (χ2n) is 4.40. The van der Waals surface area contributed by atoms with Crippen LogP contribution in [0.5, 0.6) is 0 Å². The van der Waals surface area contributed by atoms with Gasteiger partial charge in [-0.25, -0.2) is 0 Å². The number of hydrogen-bond acceptors (Lipinski definition) is 3. The van der Waals surface area contributed by atoms with Crippen molar-refractivity contribution in [1.29, 1.82) is 0 Å². The minimum absolute atomic E-state index is 0.155. The molecule has 2 N–H and O–H groups in total. The largest absolute Gasteiger partial charge is 0.394 e. The van der Waals surface area contributed by atoms with Gasteiger partial charge in [0.25, 0.3) is 0 Å². The highest BCUT2D eigenvalue weighted by atomic mass is 16.3. The average Bonchev–Trinajstić information content (AvgIpc) is 2.60. The first-order valence-corrected chi connectivity index (χ1v) is 5.92. The van der Waals surface area contributed by atoms with Crippen LogP contribution in [0.1, 0.15) is 38.1 Å². The van der Waals surface area contributed by atoms with Crippen molar-refractivity contribution in [2.45, 2.75) is 45.7 Å². The van der Waals surface area contributed by atoms with Crippen LogP contribution in [0.25, 0.3) is 0 Å². The van der Waals surface area contributed by atoms with Gasteiger partial charge >= 0.3 is 0 Å². The van der Waals surface area contributed by atoms with Crippen LogP contribution in [-0.2, 0) is 13.6 Å². The predicted octanol–water partition coefficient (Wildman–Crippen LogP) is 1.37. The van der Waals surface area contributed by atoms with E-state index >= 15 is 0 Å². The summed E-state index contributed by atoms with van der Waals surface area (Å²) in [6, 6.07) is 2.07. The van der Waals surface area contributed by atoms with E-state index < -0.39 is 0 Å². The first-order chi connectivity index (χ1) is 7.56. The van der Waals surface area contributed by atoms with Gasteiger partial charge in [-0.1, -0.05) is 13.8 Å². The monoisotopic (exact) mass is 225 g/mol. The molecule has 0 atom stereocenters. The zero-order valence-corrected chi connectivity index (χ0v) is 10.7. The Labute approximate surface area is 97.7 Å². The van der Waals surface area contributed by atoms with Crippen LogP contribution < -0.4 is 5.32 Å². The minimum atomic E-state index is -0.155. The van der Waals surface area contributed by atoms with E-state index in [1.807, 2.05) is 18.7 Å². The van der Waals surface area contributed by atoms with E-state index in [4.69, 9.17) is 0 Å². The molecular formula is C12H23N3O. The molecule has 0 aliphatic carbocycles. The molecule has 0 spiro atoms. The molecule has 0 fully saturated rings. The Kier molecular flexibility index (Phi) is 4.50. The molecule has 0 amide bonds. The lowest BCUT2D eigenvalue weighted by atomic mass is 9.94. The Hall–Kier alpha value is -0.870. The van der Waals surface area contributed by atoms with Crippen LogP contribution in [0.15, 0.2) is 6.07 Å². The molecule has 0 unspecified atom stereocenters. The molecule has 0 aromatic carbocycles. The first-order valence-electron chi connectivity index (χ1n) is 5.92. The second-order valence-corrected chi connectivity index (χ2v) is 4.40. The maximum Gasteiger partial charge on any atom is 0.0613 e. The minimum Gasteiger partial charge on any atom is -0.394 e. The molecule has 1 heterocycles. The topological polar surface area (TPSA) is 50.1 Å². The number of hydrogen-bond donors (Lipinski definition) is 2. The van der Waals surface area contributed by atoms with Crippen molar-refractivity contribution in [2.24, 2.45) is 7.05 Å². The zero-order chi connectivity index (χ0) is 12.2. The summed E-state index contributed by atoms with van der Waals surface area (Å²) in [5.41, 5.74) is 2.03. The maximum atomic E-state index is 9.44. The summed E-state index contributed by atoms with van der Waals surface area (Å²) < 4.78 is 1.88. The van der Waals surface area contributed by atoms with Gasteiger partial charge < -0.3 is 10.4 Å². The Balaban J connectivity index is 2.65. The molecule has 0 saturated carbocycles. The molecule has 0 aliphatic rings. The molecule has 4 heteroatoms. The van der Waals surface area contributed by atoms with E-state index in [2.05, 4.69) is 30.3 Å². The van der Waals surface area contributed by atoms with Gasteiger partial charge in [0.2, 0.25) is 0 Å². The van der Waals surface area contributed by atoms with Gasteiger partial charge in [0.15, 0.2) is 0 Å². The van der Waals surface area contributed by atoms with E-state index in [1.165, 1.54) is 0 Å². The van der Waals surface area contributed by atoms with Crippen molar-refractivity contribution in [3.8, 4) is 0 Å². The van der Waals surface area contributed by atoms with Crippen molar-refractivity contribution in [3.63, 3.8) is 0 Å². The first kappa shape index (κ1) is 13.2. The number of aliphatic hydroxyl groups excluding tert-OH is 1. The summed E-state index contributed by atoms with van der Waals surface area (Å²) in [5.74, 6) is 0. The molecule has 16 heavy (non-hydrogen) atoms. The Morgan fingerprint density at radius 1 is 1.44 bits per heavy atom. The number of rotatable bonds is 6. The quantitative estimate of drug-likeness (QED) is 0.769. The highest BCUT2D eigenvalue weighted by Crippen LogP contribution is 2.15. The van der Waals surface area contributed by atoms with Crippen molar-refractivity contribution >= 4 is 0 Å². The molecule has 1 aromatic heterocycles. The maximum absolute atomic E-state index is 9.44. The second kappa shape index (κ2) is 5.46. The number of aryl methyl sites for hydroxylation is 2. The molecule has 92 valence electrons. The molecule has 0 saturated heterocycles.